The van der Waals surface area contributed by atoms with Crippen molar-refractivity contribution in [1.29, 1.82) is 0 Å². The summed E-state index contributed by atoms with van der Waals surface area (Å²) in [6.07, 6.45) is 5.56. The molecule has 0 aliphatic rings. The number of hydrogen-bond acceptors (Lipinski definition) is 4. The van der Waals surface area contributed by atoms with Crippen molar-refractivity contribution >= 4 is 11.9 Å². The van der Waals surface area contributed by atoms with E-state index in [4.69, 9.17) is 9.47 Å². The highest BCUT2D eigenvalue weighted by atomic mass is 16.6. The molecule has 0 atom stereocenters. The molecule has 0 aromatic rings. The first-order chi connectivity index (χ1) is 9.94. The summed E-state index contributed by atoms with van der Waals surface area (Å²) in [6, 6.07) is 0. The van der Waals surface area contributed by atoms with Crippen LogP contribution in [0.1, 0.15) is 66.7 Å². The highest BCUT2D eigenvalue weighted by Crippen LogP contribution is 2.34. The standard InChI is InChI=1S/C17H30O4/c1-6-9-10-12-17(13-11-14(4)5,15(18)20-7-2)16(19)21-8-3/h11H,6-10,12-13H2,1-5H3. The molecule has 0 N–H and O–H groups in total. The number of ether oxygens (including phenoxy) is 2. The SMILES string of the molecule is CCCCCC(CC=C(C)C)(C(=O)OCC)C(=O)OCC. The summed E-state index contributed by atoms with van der Waals surface area (Å²) in [5.74, 6) is -0.922. The maximum absolute atomic E-state index is 12.4. The lowest BCUT2D eigenvalue weighted by molar-refractivity contribution is -0.172. The van der Waals surface area contributed by atoms with Gasteiger partial charge in [-0.3, -0.25) is 9.59 Å². The molecule has 0 bridgehead atoms. The van der Waals surface area contributed by atoms with Gasteiger partial charge >= 0.3 is 11.9 Å². The topological polar surface area (TPSA) is 52.6 Å². The van der Waals surface area contributed by atoms with E-state index in [1.807, 2.05) is 19.9 Å². The van der Waals surface area contributed by atoms with Gasteiger partial charge in [0.2, 0.25) is 0 Å². The summed E-state index contributed by atoms with van der Waals surface area (Å²) < 4.78 is 10.3. The van der Waals surface area contributed by atoms with Gasteiger partial charge in [-0.1, -0.05) is 37.8 Å². The Balaban J connectivity index is 5.40. The van der Waals surface area contributed by atoms with E-state index in [2.05, 4.69) is 6.92 Å². The predicted molar refractivity (Wildman–Crippen MR) is 83.9 cm³/mol. The number of carbonyl (C=O) groups excluding carboxylic acids is 2. The Bertz CT molecular complexity index is 336. The molecular weight excluding hydrogens is 268 g/mol. The summed E-state index contributed by atoms with van der Waals surface area (Å²) in [7, 11) is 0. The molecule has 0 heterocycles. The molecule has 0 aromatic carbocycles. The average molecular weight is 298 g/mol. The molecule has 0 fully saturated rings. The first-order valence-electron chi connectivity index (χ1n) is 7.92. The van der Waals surface area contributed by atoms with Gasteiger partial charge in [0, 0.05) is 0 Å². The molecule has 0 spiro atoms. The van der Waals surface area contributed by atoms with Gasteiger partial charge < -0.3 is 9.47 Å². The van der Waals surface area contributed by atoms with E-state index in [0.29, 0.717) is 12.8 Å². The molecule has 4 heteroatoms. The van der Waals surface area contributed by atoms with Crippen molar-refractivity contribution < 1.29 is 19.1 Å². The predicted octanol–water partition coefficient (Wildman–Crippen LogP) is 4.04. The van der Waals surface area contributed by atoms with Gasteiger partial charge in [-0.15, -0.1) is 0 Å². The van der Waals surface area contributed by atoms with Gasteiger partial charge in [-0.2, -0.15) is 0 Å². The van der Waals surface area contributed by atoms with E-state index in [-0.39, 0.29) is 13.2 Å². The fourth-order valence-corrected chi connectivity index (χ4v) is 2.15. The Morgan fingerprint density at radius 2 is 1.48 bits per heavy atom. The van der Waals surface area contributed by atoms with Gasteiger partial charge in [0.15, 0.2) is 5.41 Å². The van der Waals surface area contributed by atoms with Crippen LogP contribution in [0.5, 0.6) is 0 Å². The molecule has 122 valence electrons. The van der Waals surface area contributed by atoms with Crippen LogP contribution < -0.4 is 0 Å². The molecule has 0 radical (unpaired) electrons. The quantitative estimate of drug-likeness (QED) is 0.264. The molecule has 0 unspecified atom stereocenters. The molecule has 0 aliphatic heterocycles. The Kier molecular flexibility index (Phi) is 9.76. The van der Waals surface area contributed by atoms with Gasteiger partial charge in [-0.25, -0.2) is 0 Å². The second-order valence-electron chi connectivity index (χ2n) is 5.47. The Hall–Kier alpha value is -1.32. The van der Waals surface area contributed by atoms with E-state index in [0.717, 1.165) is 24.8 Å². The lowest BCUT2D eigenvalue weighted by Gasteiger charge is -2.28. The zero-order chi connectivity index (χ0) is 16.3. The van der Waals surface area contributed by atoms with E-state index >= 15 is 0 Å². The van der Waals surface area contributed by atoms with Crippen LogP contribution in [0.4, 0.5) is 0 Å². The first kappa shape index (κ1) is 19.7. The molecule has 0 aliphatic carbocycles. The molecular formula is C17H30O4. The minimum Gasteiger partial charge on any atom is -0.465 e. The summed E-state index contributed by atoms with van der Waals surface area (Å²) in [6.45, 7) is 10.0. The number of unbranched alkanes of at least 4 members (excludes halogenated alkanes) is 2. The normalized spacial score (nSPS) is 10.9. The highest BCUT2D eigenvalue weighted by molar-refractivity contribution is 6.00. The third-order valence-electron chi connectivity index (χ3n) is 3.40. The maximum Gasteiger partial charge on any atom is 0.323 e. The number of carbonyl (C=O) groups is 2. The van der Waals surface area contributed by atoms with Crippen molar-refractivity contribution in [3.05, 3.63) is 11.6 Å². The average Bonchev–Trinajstić information content (AvgIpc) is 2.43. The van der Waals surface area contributed by atoms with Crippen LogP contribution in [0, 0.1) is 5.41 Å². The van der Waals surface area contributed by atoms with Crippen molar-refractivity contribution in [3.63, 3.8) is 0 Å². The second-order valence-corrected chi connectivity index (χ2v) is 5.47. The molecule has 0 saturated carbocycles. The van der Waals surface area contributed by atoms with E-state index < -0.39 is 17.4 Å². The maximum atomic E-state index is 12.4. The molecule has 0 aromatic heterocycles. The van der Waals surface area contributed by atoms with Crippen LogP contribution in [0.25, 0.3) is 0 Å². The molecule has 4 nitrogen and oxygen atoms in total. The molecule has 21 heavy (non-hydrogen) atoms. The van der Waals surface area contributed by atoms with Crippen LogP contribution in [-0.4, -0.2) is 25.2 Å². The van der Waals surface area contributed by atoms with Crippen LogP contribution in [0.3, 0.4) is 0 Å². The van der Waals surface area contributed by atoms with E-state index in [9.17, 15) is 9.59 Å². The Morgan fingerprint density at radius 1 is 0.952 bits per heavy atom. The first-order valence-corrected chi connectivity index (χ1v) is 7.92. The third-order valence-corrected chi connectivity index (χ3v) is 3.40. The van der Waals surface area contributed by atoms with Gasteiger partial charge in [0.05, 0.1) is 13.2 Å². The summed E-state index contributed by atoms with van der Waals surface area (Å²) >= 11 is 0. The van der Waals surface area contributed by atoms with Crippen LogP contribution in [0.2, 0.25) is 0 Å². The number of esters is 2. The smallest absolute Gasteiger partial charge is 0.323 e. The van der Waals surface area contributed by atoms with E-state index in [1.54, 1.807) is 13.8 Å². The van der Waals surface area contributed by atoms with Crippen molar-refractivity contribution in [1.82, 2.24) is 0 Å². The summed E-state index contributed by atoms with van der Waals surface area (Å²) in [5.41, 5.74) is -0.123. The third kappa shape index (κ3) is 6.32. The second kappa shape index (κ2) is 10.4. The van der Waals surface area contributed by atoms with Gasteiger partial charge in [0.1, 0.15) is 0 Å². The Morgan fingerprint density at radius 3 is 1.86 bits per heavy atom. The van der Waals surface area contributed by atoms with E-state index in [1.165, 1.54) is 0 Å². The number of rotatable bonds is 10. The minimum absolute atomic E-state index is 0.266. The van der Waals surface area contributed by atoms with Crippen molar-refractivity contribution in [2.45, 2.75) is 66.7 Å². The summed E-state index contributed by atoms with van der Waals surface area (Å²) in [4.78, 5) is 24.9. The van der Waals surface area contributed by atoms with Crippen LogP contribution >= 0.6 is 0 Å². The fourth-order valence-electron chi connectivity index (χ4n) is 2.15. The van der Waals surface area contributed by atoms with Crippen molar-refractivity contribution in [2.75, 3.05) is 13.2 Å². The molecule has 0 amide bonds. The van der Waals surface area contributed by atoms with Crippen LogP contribution in [-0.2, 0) is 19.1 Å². The Labute approximate surface area is 128 Å². The molecule has 0 saturated heterocycles. The molecule has 0 rings (SSSR count). The largest absolute Gasteiger partial charge is 0.465 e. The lowest BCUT2D eigenvalue weighted by Crippen LogP contribution is -2.42. The summed E-state index contributed by atoms with van der Waals surface area (Å²) in [5, 5.41) is 0. The van der Waals surface area contributed by atoms with Gasteiger partial charge in [-0.05, 0) is 40.5 Å². The van der Waals surface area contributed by atoms with Gasteiger partial charge in [0.25, 0.3) is 0 Å². The lowest BCUT2D eigenvalue weighted by atomic mass is 9.78. The number of allylic oxidation sites excluding steroid dienone is 2. The highest BCUT2D eigenvalue weighted by Gasteiger charge is 2.47. The van der Waals surface area contributed by atoms with Crippen LogP contribution in [0.15, 0.2) is 11.6 Å². The minimum atomic E-state index is -1.20. The fraction of sp³-hybridized carbons (Fsp3) is 0.765. The van der Waals surface area contributed by atoms with Crippen molar-refractivity contribution in [2.24, 2.45) is 5.41 Å². The number of hydrogen-bond donors (Lipinski definition) is 0. The monoisotopic (exact) mass is 298 g/mol. The zero-order valence-corrected chi connectivity index (χ0v) is 14.2. The zero-order valence-electron chi connectivity index (χ0n) is 14.2. The van der Waals surface area contributed by atoms with Crippen molar-refractivity contribution in [3.8, 4) is 0 Å².